The van der Waals surface area contributed by atoms with E-state index in [-0.39, 0.29) is 0 Å². The van der Waals surface area contributed by atoms with Crippen LogP contribution < -0.4 is 0 Å². The van der Waals surface area contributed by atoms with Gasteiger partial charge in [-0.2, -0.15) is 5.26 Å². The zero-order valence-electron chi connectivity index (χ0n) is 6.08. The van der Waals surface area contributed by atoms with E-state index in [1.165, 1.54) is 12.8 Å². The second-order valence-electron chi connectivity index (χ2n) is 2.82. The number of rotatable bonds is 2. The monoisotopic (exact) mass is 148 g/mol. The van der Waals surface area contributed by atoms with E-state index in [0.29, 0.717) is 12.3 Å². The maximum Gasteiger partial charge on any atom is 0.144 e. The summed E-state index contributed by atoms with van der Waals surface area (Å²) in [7, 11) is 0. The summed E-state index contributed by atoms with van der Waals surface area (Å²) < 4.78 is 5.04. The molecular formula is C8H8N2O. The second kappa shape index (κ2) is 2.39. The molecule has 0 N–H and O–H groups in total. The molecule has 1 saturated carbocycles. The van der Waals surface area contributed by atoms with Crippen molar-refractivity contribution in [3.8, 4) is 6.07 Å². The van der Waals surface area contributed by atoms with E-state index in [4.69, 9.17) is 9.78 Å². The molecule has 3 heteroatoms. The summed E-state index contributed by atoms with van der Waals surface area (Å²) in [5.74, 6) is 1.49. The van der Waals surface area contributed by atoms with E-state index < -0.39 is 0 Å². The van der Waals surface area contributed by atoms with Crippen LogP contribution in [0.3, 0.4) is 0 Å². The number of aromatic nitrogens is 1. The van der Waals surface area contributed by atoms with Crippen LogP contribution in [0, 0.1) is 11.3 Å². The van der Waals surface area contributed by atoms with Gasteiger partial charge in [0, 0.05) is 11.5 Å². The molecule has 0 atom stereocenters. The quantitative estimate of drug-likeness (QED) is 0.640. The predicted octanol–water partition coefficient (Wildman–Crippen LogP) is 1.62. The standard InChI is InChI=1S/C8H8N2O/c9-4-3-7-5-10-11-8(7)6-1-2-6/h5-6H,1-3H2. The van der Waals surface area contributed by atoms with Gasteiger partial charge in [-0.25, -0.2) is 0 Å². The zero-order chi connectivity index (χ0) is 7.68. The normalized spacial score (nSPS) is 16.3. The average Bonchev–Trinajstić information content (AvgIpc) is 2.75. The molecule has 1 heterocycles. The number of nitrogens with zero attached hydrogens (tertiary/aromatic N) is 2. The summed E-state index contributed by atoms with van der Waals surface area (Å²) in [6.07, 6.45) is 4.45. The Hall–Kier alpha value is -1.30. The first-order chi connectivity index (χ1) is 5.42. The van der Waals surface area contributed by atoms with Crippen LogP contribution in [0.2, 0.25) is 0 Å². The number of nitriles is 1. The Labute approximate surface area is 64.6 Å². The van der Waals surface area contributed by atoms with Gasteiger partial charge in [-0.15, -0.1) is 0 Å². The highest BCUT2D eigenvalue weighted by Crippen LogP contribution is 2.41. The van der Waals surface area contributed by atoms with E-state index in [9.17, 15) is 0 Å². The van der Waals surface area contributed by atoms with E-state index in [2.05, 4.69) is 11.2 Å². The molecule has 56 valence electrons. The highest BCUT2D eigenvalue weighted by molar-refractivity contribution is 5.24. The molecule has 0 saturated heterocycles. The van der Waals surface area contributed by atoms with Crippen LogP contribution in [0.1, 0.15) is 30.1 Å². The average molecular weight is 148 g/mol. The molecule has 3 nitrogen and oxygen atoms in total. The Kier molecular flexibility index (Phi) is 1.39. The van der Waals surface area contributed by atoms with Gasteiger partial charge in [-0.3, -0.25) is 0 Å². The lowest BCUT2D eigenvalue weighted by Crippen LogP contribution is -1.83. The van der Waals surface area contributed by atoms with Crippen molar-refractivity contribution >= 4 is 0 Å². The van der Waals surface area contributed by atoms with Gasteiger partial charge in [-0.05, 0) is 12.8 Å². The smallest absolute Gasteiger partial charge is 0.144 e. The molecule has 0 bridgehead atoms. The fourth-order valence-corrected chi connectivity index (χ4v) is 1.17. The molecule has 0 aliphatic heterocycles. The first-order valence-corrected chi connectivity index (χ1v) is 3.72. The van der Waals surface area contributed by atoms with Crippen molar-refractivity contribution in [2.24, 2.45) is 0 Å². The topological polar surface area (TPSA) is 49.8 Å². The van der Waals surface area contributed by atoms with Crippen molar-refractivity contribution in [2.45, 2.75) is 25.2 Å². The SMILES string of the molecule is N#CCc1cnoc1C1CC1. The Morgan fingerprint density at radius 2 is 2.55 bits per heavy atom. The van der Waals surface area contributed by atoms with Gasteiger partial charge in [0.1, 0.15) is 5.76 Å². The minimum Gasteiger partial charge on any atom is -0.361 e. The molecule has 1 aliphatic rings. The van der Waals surface area contributed by atoms with Crippen molar-refractivity contribution in [3.63, 3.8) is 0 Å². The lowest BCUT2D eigenvalue weighted by atomic mass is 10.1. The summed E-state index contributed by atoms with van der Waals surface area (Å²) in [4.78, 5) is 0. The molecule has 0 spiro atoms. The first-order valence-electron chi connectivity index (χ1n) is 3.72. The lowest BCUT2D eigenvalue weighted by molar-refractivity contribution is 0.383. The second-order valence-corrected chi connectivity index (χ2v) is 2.82. The van der Waals surface area contributed by atoms with Gasteiger partial charge < -0.3 is 4.52 Å². The molecule has 1 aromatic heterocycles. The zero-order valence-corrected chi connectivity index (χ0v) is 6.08. The number of hydrogen-bond donors (Lipinski definition) is 0. The third kappa shape index (κ3) is 1.12. The van der Waals surface area contributed by atoms with E-state index >= 15 is 0 Å². The molecule has 0 aromatic carbocycles. The van der Waals surface area contributed by atoms with Crippen molar-refractivity contribution in [1.29, 1.82) is 5.26 Å². The molecule has 2 rings (SSSR count). The fourth-order valence-electron chi connectivity index (χ4n) is 1.17. The molecule has 1 aliphatic carbocycles. The molecule has 0 amide bonds. The van der Waals surface area contributed by atoms with Crippen molar-refractivity contribution in [1.82, 2.24) is 5.16 Å². The van der Waals surface area contributed by atoms with Crippen molar-refractivity contribution < 1.29 is 4.52 Å². The van der Waals surface area contributed by atoms with Gasteiger partial charge in [0.2, 0.25) is 0 Å². The van der Waals surface area contributed by atoms with Crippen LogP contribution in [0.4, 0.5) is 0 Å². The maximum atomic E-state index is 8.45. The van der Waals surface area contributed by atoms with Crippen LogP contribution in [0.25, 0.3) is 0 Å². The van der Waals surface area contributed by atoms with E-state index in [1.54, 1.807) is 6.20 Å². The predicted molar refractivity (Wildman–Crippen MR) is 37.8 cm³/mol. The largest absolute Gasteiger partial charge is 0.361 e. The van der Waals surface area contributed by atoms with Gasteiger partial charge in [-0.1, -0.05) is 5.16 Å². The molecule has 1 aromatic rings. The van der Waals surface area contributed by atoms with Gasteiger partial charge >= 0.3 is 0 Å². The lowest BCUT2D eigenvalue weighted by Gasteiger charge is -1.89. The van der Waals surface area contributed by atoms with Gasteiger partial charge in [0.15, 0.2) is 0 Å². The molecular weight excluding hydrogens is 140 g/mol. The van der Waals surface area contributed by atoms with Crippen molar-refractivity contribution in [3.05, 3.63) is 17.5 Å². The minimum atomic E-state index is 0.426. The number of hydrogen-bond acceptors (Lipinski definition) is 3. The van der Waals surface area contributed by atoms with Gasteiger partial charge in [0.05, 0.1) is 18.7 Å². The summed E-state index contributed by atoms with van der Waals surface area (Å²) >= 11 is 0. The van der Waals surface area contributed by atoms with Crippen LogP contribution in [-0.4, -0.2) is 5.16 Å². The molecule has 11 heavy (non-hydrogen) atoms. The summed E-state index contributed by atoms with van der Waals surface area (Å²) in [6, 6.07) is 2.09. The Morgan fingerprint density at radius 1 is 1.73 bits per heavy atom. The van der Waals surface area contributed by atoms with Gasteiger partial charge in [0.25, 0.3) is 0 Å². The third-order valence-electron chi connectivity index (χ3n) is 1.89. The van der Waals surface area contributed by atoms with E-state index in [0.717, 1.165) is 11.3 Å². The highest BCUT2D eigenvalue weighted by atomic mass is 16.5. The van der Waals surface area contributed by atoms with Crippen LogP contribution in [0.15, 0.2) is 10.7 Å². The summed E-state index contributed by atoms with van der Waals surface area (Å²) in [5.41, 5.74) is 0.968. The maximum absolute atomic E-state index is 8.45. The van der Waals surface area contributed by atoms with Crippen LogP contribution >= 0.6 is 0 Å². The molecule has 1 fully saturated rings. The Balaban J connectivity index is 2.24. The third-order valence-corrected chi connectivity index (χ3v) is 1.89. The Morgan fingerprint density at radius 3 is 3.18 bits per heavy atom. The summed E-state index contributed by atoms with van der Waals surface area (Å²) in [6.45, 7) is 0. The van der Waals surface area contributed by atoms with Crippen molar-refractivity contribution in [2.75, 3.05) is 0 Å². The van der Waals surface area contributed by atoms with Crippen LogP contribution in [0.5, 0.6) is 0 Å². The first kappa shape index (κ1) is 6.41. The fraction of sp³-hybridized carbons (Fsp3) is 0.500. The minimum absolute atomic E-state index is 0.426. The van der Waals surface area contributed by atoms with E-state index in [1.807, 2.05) is 0 Å². The highest BCUT2D eigenvalue weighted by Gasteiger charge is 2.29. The molecule has 0 unspecified atom stereocenters. The summed E-state index contributed by atoms with van der Waals surface area (Å²) in [5, 5.41) is 12.1. The molecule has 0 radical (unpaired) electrons. The Bertz CT molecular complexity index is 293. The van der Waals surface area contributed by atoms with Crippen LogP contribution in [-0.2, 0) is 6.42 Å².